The number of nitrogens with zero attached hydrogens (tertiary/aromatic N) is 1. The molecule has 0 bridgehead atoms. The first-order chi connectivity index (χ1) is 15.3. The van der Waals surface area contributed by atoms with Crippen molar-refractivity contribution in [1.82, 2.24) is 9.29 Å². The van der Waals surface area contributed by atoms with Crippen LogP contribution in [0.2, 0.25) is 0 Å². The zero-order valence-electron chi connectivity index (χ0n) is 18.6. The van der Waals surface area contributed by atoms with E-state index in [1.54, 1.807) is 18.2 Å². The quantitative estimate of drug-likeness (QED) is 0.588. The molecule has 4 rings (SSSR count). The zero-order chi connectivity index (χ0) is 22.9. The number of ether oxygens (including phenoxy) is 2. The Morgan fingerprint density at radius 2 is 1.91 bits per heavy atom. The minimum atomic E-state index is -3.85. The molecule has 0 amide bonds. The first kappa shape index (κ1) is 22.5. The van der Waals surface area contributed by atoms with Crippen LogP contribution in [0.1, 0.15) is 29.5 Å². The maximum Gasteiger partial charge on any atom is 0.252 e. The van der Waals surface area contributed by atoms with Crippen molar-refractivity contribution in [2.75, 3.05) is 20.3 Å². The highest BCUT2D eigenvalue weighted by Gasteiger charge is 2.30. The van der Waals surface area contributed by atoms with Crippen molar-refractivity contribution in [3.8, 4) is 5.75 Å². The lowest BCUT2D eigenvalue weighted by Gasteiger charge is -2.25. The van der Waals surface area contributed by atoms with E-state index >= 15 is 0 Å². The molecule has 7 nitrogen and oxygen atoms in total. The van der Waals surface area contributed by atoms with Gasteiger partial charge >= 0.3 is 0 Å². The fourth-order valence-electron chi connectivity index (χ4n) is 4.18. The van der Waals surface area contributed by atoms with Crippen LogP contribution in [0, 0.1) is 13.8 Å². The molecule has 1 aliphatic heterocycles. The van der Waals surface area contributed by atoms with Gasteiger partial charge < -0.3 is 14.5 Å². The minimum absolute atomic E-state index is 0.0349. The number of nitrogens with one attached hydrogen (secondary N) is 1. The molecule has 1 atom stereocenters. The third-order valence-electron chi connectivity index (χ3n) is 5.86. The third kappa shape index (κ3) is 4.57. The van der Waals surface area contributed by atoms with E-state index in [-0.39, 0.29) is 29.6 Å². The van der Waals surface area contributed by atoms with Crippen LogP contribution in [0.4, 0.5) is 0 Å². The topological polar surface area (TPSA) is 88.7 Å². The molecule has 3 aromatic rings. The average molecular weight is 457 g/mol. The van der Waals surface area contributed by atoms with Crippen LogP contribution in [0.5, 0.6) is 5.75 Å². The van der Waals surface area contributed by atoms with Gasteiger partial charge in [0.1, 0.15) is 5.75 Å². The predicted molar refractivity (Wildman–Crippen MR) is 124 cm³/mol. The average Bonchev–Trinajstić information content (AvgIpc) is 3.27. The molecule has 1 saturated heterocycles. The standard InChI is InChI=1S/C24H28N2O5S/c1-16-11-17(2)22-13-18(24(27)25-23(22)12-16)14-26(15-20-5-4-10-31-20)32(28,29)21-8-6-19(30-3)7-9-21/h6-9,11-13,20H,4-5,10,14-15H2,1-3H3,(H,25,27)/t20-/m0/s1. The molecule has 0 unspecified atom stereocenters. The van der Waals surface area contributed by atoms with Gasteiger partial charge in [0.25, 0.3) is 5.56 Å². The summed E-state index contributed by atoms with van der Waals surface area (Å²) in [5.41, 5.74) is 2.95. The Hall–Kier alpha value is -2.68. The van der Waals surface area contributed by atoms with Crippen molar-refractivity contribution in [2.45, 2.75) is 44.2 Å². The number of H-pyrrole nitrogens is 1. The molecule has 0 spiro atoms. The summed E-state index contributed by atoms with van der Waals surface area (Å²) < 4.78 is 39.3. The molecule has 1 N–H and O–H groups in total. The molecule has 1 fully saturated rings. The second-order valence-electron chi connectivity index (χ2n) is 8.27. The Morgan fingerprint density at radius 3 is 2.56 bits per heavy atom. The summed E-state index contributed by atoms with van der Waals surface area (Å²) in [6, 6.07) is 12.0. The van der Waals surface area contributed by atoms with Gasteiger partial charge in [-0.1, -0.05) is 6.07 Å². The highest BCUT2D eigenvalue weighted by molar-refractivity contribution is 7.89. The first-order valence-corrected chi connectivity index (χ1v) is 12.1. The number of aromatic amines is 1. The zero-order valence-corrected chi connectivity index (χ0v) is 19.4. The summed E-state index contributed by atoms with van der Waals surface area (Å²) in [5.74, 6) is 0.575. The number of aryl methyl sites for hydroxylation is 2. The molecule has 2 aromatic carbocycles. The van der Waals surface area contributed by atoms with E-state index < -0.39 is 10.0 Å². The fraction of sp³-hybridized carbons (Fsp3) is 0.375. The third-order valence-corrected chi connectivity index (χ3v) is 7.69. The normalized spacial score (nSPS) is 16.7. The Labute approximate surface area is 188 Å². The molecule has 0 saturated carbocycles. The van der Waals surface area contributed by atoms with Gasteiger partial charge in [-0.15, -0.1) is 0 Å². The van der Waals surface area contributed by atoms with E-state index in [9.17, 15) is 13.2 Å². The van der Waals surface area contributed by atoms with E-state index in [4.69, 9.17) is 9.47 Å². The Balaban J connectivity index is 1.73. The predicted octanol–water partition coefficient (Wildman–Crippen LogP) is 3.52. The fourth-order valence-corrected chi connectivity index (χ4v) is 5.63. The van der Waals surface area contributed by atoms with Gasteiger partial charge in [0.05, 0.1) is 18.1 Å². The highest BCUT2D eigenvalue weighted by atomic mass is 32.2. The summed E-state index contributed by atoms with van der Waals surface area (Å²) in [5, 5.41) is 0.907. The second kappa shape index (κ2) is 9.05. The van der Waals surface area contributed by atoms with Crippen LogP contribution in [0.25, 0.3) is 10.9 Å². The number of benzene rings is 2. The number of fused-ring (bicyclic) bond motifs is 1. The number of rotatable bonds is 7. The van der Waals surface area contributed by atoms with E-state index in [1.807, 2.05) is 26.0 Å². The number of methoxy groups -OCH3 is 1. The molecule has 8 heteroatoms. The van der Waals surface area contributed by atoms with Crippen molar-refractivity contribution in [3.63, 3.8) is 0 Å². The molecule has 32 heavy (non-hydrogen) atoms. The van der Waals surface area contributed by atoms with Gasteiger partial charge in [0, 0.05) is 36.2 Å². The summed E-state index contributed by atoms with van der Waals surface area (Å²) in [4.78, 5) is 15.9. The van der Waals surface area contributed by atoms with E-state index in [1.165, 1.54) is 23.5 Å². The van der Waals surface area contributed by atoms with Crippen LogP contribution < -0.4 is 10.3 Å². The molecule has 1 aromatic heterocycles. The Morgan fingerprint density at radius 1 is 1.16 bits per heavy atom. The lowest BCUT2D eigenvalue weighted by Crippen LogP contribution is -2.38. The first-order valence-electron chi connectivity index (χ1n) is 10.7. The molecular formula is C24H28N2O5S. The molecule has 0 radical (unpaired) electrons. The molecule has 1 aliphatic rings. The summed E-state index contributed by atoms with van der Waals surface area (Å²) in [7, 11) is -2.32. The summed E-state index contributed by atoms with van der Waals surface area (Å²) >= 11 is 0. The van der Waals surface area contributed by atoms with E-state index in [0.717, 1.165) is 34.9 Å². The van der Waals surface area contributed by atoms with Gasteiger partial charge in [-0.2, -0.15) is 4.31 Å². The number of hydrogen-bond donors (Lipinski definition) is 1. The van der Waals surface area contributed by atoms with Crippen LogP contribution in [-0.4, -0.2) is 44.1 Å². The largest absolute Gasteiger partial charge is 0.497 e. The Bertz CT molecular complexity index is 1280. The molecular weight excluding hydrogens is 428 g/mol. The van der Waals surface area contributed by atoms with Crippen LogP contribution in [0.3, 0.4) is 0 Å². The highest BCUT2D eigenvalue weighted by Crippen LogP contribution is 2.25. The maximum atomic E-state index is 13.5. The van der Waals surface area contributed by atoms with Crippen molar-refractivity contribution >= 4 is 20.9 Å². The number of hydrogen-bond acceptors (Lipinski definition) is 5. The summed E-state index contributed by atoms with van der Waals surface area (Å²) in [6.07, 6.45) is 1.50. The molecule has 2 heterocycles. The van der Waals surface area contributed by atoms with E-state index in [2.05, 4.69) is 4.98 Å². The van der Waals surface area contributed by atoms with Gasteiger partial charge in [-0.05, 0) is 74.2 Å². The van der Waals surface area contributed by atoms with Crippen molar-refractivity contribution < 1.29 is 17.9 Å². The van der Waals surface area contributed by atoms with Crippen molar-refractivity contribution in [1.29, 1.82) is 0 Å². The monoisotopic (exact) mass is 456 g/mol. The number of sulfonamides is 1. The van der Waals surface area contributed by atoms with Crippen molar-refractivity contribution in [2.24, 2.45) is 0 Å². The Kier molecular flexibility index (Phi) is 6.37. The number of aromatic nitrogens is 1. The van der Waals surface area contributed by atoms with Crippen LogP contribution >= 0.6 is 0 Å². The lowest BCUT2D eigenvalue weighted by molar-refractivity contribution is 0.0925. The lowest BCUT2D eigenvalue weighted by atomic mass is 10.0. The van der Waals surface area contributed by atoms with Gasteiger partial charge in [-0.3, -0.25) is 4.79 Å². The SMILES string of the molecule is COc1ccc(S(=O)(=O)N(Cc2cc3c(C)cc(C)cc3[nH]c2=O)C[C@@H]2CCCO2)cc1. The molecule has 170 valence electrons. The smallest absolute Gasteiger partial charge is 0.252 e. The van der Waals surface area contributed by atoms with Crippen molar-refractivity contribution in [3.05, 3.63) is 69.5 Å². The van der Waals surface area contributed by atoms with Crippen LogP contribution in [-0.2, 0) is 21.3 Å². The maximum absolute atomic E-state index is 13.5. The van der Waals surface area contributed by atoms with Gasteiger partial charge in [0.2, 0.25) is 10.0 Å². The second-order valence-corrected chi connectivity index (χ2v) is 10.2. The summed E-state index contributed by atoms with van der Waals surface area (Å²) in [6.45, 7) is 4.74. The van der Waals surface area contributed by atoms with E-state index in [0.29, 0.717) is 17.9 Å². The minimum Gasteiger partial charge on any atom is -0.497 e. The van der Waals surface area contributed by atoms with Gasteiger partial charge in [0.15, 0.2) is 0 Å². The molecule has 0 aliphatic carbocycles. The number of pyridine rings is 1. The van der Waals surface area contributed by atoms with Crippen LogP contribution in [0.15, 0.2) is 52.2 Å². The van der Waals surface area contributed by atoms with Gasteiger partial charge in [-0.25, -0.2) is 8.42 Å².